The van der Waals surface area contributed by atoms with Gasteiger partial charge in [-0.15, -0.1) is 0 Å². The molecule has 60 valence electrons. The van der Waals surface area contributed by atoms with E-state index in [1.807, 2.05) is 0 Å². The first-order valence-electron chi connectivity index (χ1n) is 3.18. The average Bonchev–Trinajstić information content (AvgIpc) is 1.82. The van der Waals surface area contributed by atoms with Crippen molar-refractivity contribution in [2.45, 2.75) is 6.42 Å². The zero-order valence-corrected chi connectivity index (χ0v) is 6.08. The van der Waals surface area contributed by atoms with Crippen LogP contribution < -0.4 is 0 Å². The molecule has 2 N–H and O–H groups in total. The fourth-order valence-corrected chi connectivity index (χ4v) is 0.651. The van der Waals surface area contributed by atoms with Gasteiger partial charge in [0.05, 0.1) is 6.54 Å². The standard InChI is InChI=1S/C6H13NO3/c1-7(3-2-4-8)5-6(9)10/h8H,2-5H2,1H3,(H,9,10). The maximum Gasteiger partial charge on any atom is 0.317 e. The quantitative estimate of drug-likeness (QED) is 0.544. The van der Waals surface area contributed by atoms with Crippen LogP contribution in [0.3, 0.4) is 0 Å². The van der Waals surface area contributed by atoms with Crippen LogP contribution in [0.15, 0.2) is 0 Å². The van der Waals surface area contributed by atoms with Gasteiger partial charge in [0.25, 0.3) is 0 Å². The molecule has 0 aliphatic rings. The number of hydrogen-bond donors (Lipinski definition) is 2. The van der Waals surface area contributed by atoms with Crippen LogP contribution in [-0.2, 0) is 4.79 Å². The number of likely N-dealkylation sites (N-methyl/N-ethyl adjacent to an activating group) is 1. The molecule has 0 unspecified atom stereocenters. The Bertz CT molecular complexity index is 105. The van der Waals surface area contributed by atoms with Crippen LogP contribution in [0.1, 0.15) is 6.42 Å². The van der Waals surface area contributed by atoms with Crippen LogP contribution in [0.4, 0.5) is 0 Å². The van der Waals surface area contributed by atoms with Crippen LogP contribution in [0, 0.1) is 0 Å². The van der Waals surface area contributed by atoms with Crippen molar-refractivity contribution in [3.63, 3.8) is 0 Å². The molecule has 0 aromatic carbocycles. The molecular formula is C6H13NO3. The zero-order chi connectivity index (χ0) is 7.98. The molecule has 0 aliphatic carbocycles. The Kier molecular flexibility index (Phi) is 4.88. The van der Waals surface area contributed by atoms with Crippen molar-refractivity contribution in [1.82, 2.24) is 4.90 Å². The fourth-order valence-electron chi connectivity index (χ4n) is 0.651. The molecule has 0 aromatic heterocycles. The summed E-state index contributed by atoms with van der Waals surface area (Å²) in [6.45, 7) is 0.784. The number of carbonyl (C=O) groups is 1. The van der Waals surface area contributed by atoms with Crippen molar-refractivity contribution in [3.05, 3.63) is 0 Å². The van der Waals surface area contributed by atoms with Gasteiger partial charge in [0.2, 0.25) is 0 Å². The molecule has 0 rings (SSSR count). The summed E-state index contributed by atoms with van der Waals surface area (Å²) in [5.41, 5.74) is 0. The Morgan fingerprint density at radius 2 is 2.20 bits per heavy atom. The maximum absolute atomic E-state index is 10.1. The molecule has 0 fully saturated rings. The van der Waals surface area contributed by atoms with Crippen LogP contribution >= 0.6 is 0 Å². The van der Waals surface area contributed by atoms with E-state index in [0.717, 1.165) is 0 Å². The van der Waals surface area contributed by atoms with E-state index in [9.17, 15) is 4.79 Å². The maximum atomic E-state index is 10.1. The van der Waals surface area contributed by atoms with Crippen molar-refractivity contribution in [2.24, 2.45) is 0 Å². The number of nitrogens with zero attached hydrogens (tertiary/aromatic N) is 1. The van der Waals surface area contributed by atoms with E-state index in [-0.39, 0.29) is 13.2 Å². The first-order chi connectivity index (χ1) is 4.66. The van der Waals surface area contributed by atoms with Gasteiger partial charge >= 0.3 is 5.97 Å². The van der Waals surface area contributed by atoms with E-state index in [0.29, 0.717) is 13.0 Å². The van der Waals surface area contributed by atoms with Gasteiger partial charge in [-0.25, -0.2) is 0 Å². The largest absolute Gasteiger partial charge is 0.480 e. The summed E-state index contributed by atoms with van der Waals surface area (Å²) in [5.74, 6) is -0.833. The average molecular weight is 147 g/mol. The first-order valence-corrected chi connectivity index (χ1v) is 3.18. The Hall–Kier alpha value is -0.610. The van der Waals surface area contributed by atoms with Crippen LogP contribution in [0.25, 0.3) is 0 Å². The molecule has 0 spiro atoms. The SMILES string of the molecule is CN(CCCO)CC(=O)O. The predicted molar refractivity (Wildman–Crippen MR) is 36.8 cm³/mol. The molecule has 0 aliphatic heterocycles. The lowest BCUT2D eigenvalue weighted by molar-refractivity contribution is -0.138. The van der Waals surface area contributed by atoms with Crippen LogP contribution in [0.2, 0.25) is 0 Å². The molecule has 0 saturated heterocycles. The van der Waals surface area contributed by atoms with E-state index in [4.69, 9.17) is 10.2 Å². The molecule has 0 bridgehead atoms. The number of aliphatic carboxylic acids is 1. The molecule has 0 aromatic rings. The number of aliphatic hydroxyl groups excluding tert-OH is 1. The van der Waals surface area contributed by atoms with Crippen molar-refractivity contribution < 1.29 is 15.0 Å². The Labute approximate surface area is 60.1 Å². The minimum Gasteiger partial charge on any atom is -0.480 e. The van der Waals surface area contributed by atoms with Gasteiger partial charge in [-0.1, -0.05) is 0 Å². The number of hydrogen-bond acceptors (Lipinski definition) is 3. The normalized spacial score (nSPS) is 10.3. The molecule has 0 amide bonds. The zero-order valence-electron chi connectivity index (χ0n) is 6.08. The predicted octanol–water partition coefficient (Wildman–Crippen LogP) is -0.615. The van der Waals surface area contributed by atoms with Crippen molar-refractivity contribution in [3.8, 4) is 0 Å². The molecule has 10 heavy (non-hydrogen) atoms. The van der Waals surface area contributed by atoms with Gasteiger partial charge in [-0.05, 0) is 13.5 Å². The summed E-state index contributed by atoms with van der Waals surface area (Å²) in [6.07, 6.45) is 0.629. The third kappa shape index (κ3) is 5.53. The third-order valence-corrected chi connectivity index (χ3v) is 1.10. The topological polar surface area (TPSA) is 60.8 Å². The monoisotopic (exact) mass is 147 g/mol. The van der Waals surface area contributed by atoms with E-state index >= 15 is 0 Å². The van der Waals surface area contributed by atoms with Gasteiger partial charge in [0, 0.05) is 13.2 Å². The lowest BCUT2D eigenvalue weighted by Crippen LogP contribution is -2.26. The van der Waals surface area contributed by atoms with Crippen LogP contribution in [-0.4, -0.2) is 47.8 Å². The van der Waals surface area contributed by atoms with Gasteiger partial charge in [-0.3, -0.25) is 9.69 Å². The molecule has 4 nitrogen and oxygen atoms in total. The third-order valence-electron chi connectivity index (χ3n) is 1.10. The first kappa shape index (κ1) is 9.39. The Morgan fingerprint density at radius 1 is 1.60 bits per heavy atom. The highest BCUT2D eigenvalue weighted by Gasteiger charge is 2.01. The summed E-state index contributed by atoms with van der Waals surface area (Å²) in [6, 6.07) is 0. The highest BCUT2D eigenvalue weighted by atomic mass is 16.4. The van der Waals surface area contributed by atoms with E-state index in [1.165, 1.54) is 0 Å². The van der Waals surface area contributed by atoms with Crippen molar-refractivity contribution >= 4 is 5.97 Å². The second-order valence-electron chi connectivity index (χ2n) is 2.21. The second-order valence-corrected chi connectivity index (χ2v) is 2.21. The summed E-state index contributed by atoms with van der Waals surface area (Å²) < 4.78 is 0. The summed E-state index contributed by atoms with van der Waals surface area (Å²) in [5, 5.41) is 16.7. The highest BCUT2D eigenvalue weighted by Crippen LogP contribution is 1.84. The van der Waals surface area contributed by atoms with Gasteiger partial charge in [0.1, 0.15) is 0 Å². The van der Waals surface area contributed by atoms with Crippen molar-refractivity contribution in [2.75, 3.05) is 26.7 Å². The molecule has 0 radical (unpaired) electrons. The lowest BCUT2D eigenvalue weighted by Gasteiger charge is -2.11. The van der Waals surface area contributed by atoms with E-state index < -0.39 is 5.97 Å². The lowest BCUT2D eigenvalue weighted by atomic mass is 10.4. The number of carboxylic acid groups (broad SMARTS) is 1. The fraction of sp³-hybridized carbons (Fsp3) is 0.833. The molecule has 0 atom stereocenters. The summed E-state index contributed by atoms with van der Waals surface area (Å²) >= 11 is 0. The Balaban J connectivity index is 3.25. The van der Waals surface area contributed by atoms with Crippen molar-refractivity contribution in [1.29, 1.82) is 0 Å². The minimum atomic E-state index is -0.833. The second kappa shape index (κ2) is 5.20. The molecule has 4 heteroatoms. The van der Waals surface area contributed by atoms with E-state index in [1.54, 1.807) is 11.9 Å². The van der Waals surface area contributed by atoms with E-state index in [2.05, 4.69) is 0 Å². The smallest absolute Gasteiger partial charge is 0.317 e. The molecular weight excluding hydrogens is 134 g/mol. The number of aliphatic hydroxyl groups is 1. The van der Waals surface area contributed by atoms with Gasteiger partial charge in [0.15, 0.2) is 0 Å². The minimum absolute atomic E-state index is 0.0417. The van der Waals surface area contributed by atoms with Gasteiger partial charge < -0.3 is 10.2 Å². The highest BCUT2D eigenvalue weighted by molar-refractivity contribution is 5.68. The van der Waals surface area contributed by atoms with Gasteiger partial charge in [-0.2, -0.15) is 0 Å². The summed E-state index contributed by atoms with van der Waals surface area (Å²) in [4.78, 5) is 11.7. The number of rotatable bonds is 5. The molecule has 0 heterocycles. The molecule has 0 saturated carbocycles. The summed E-state index contributed by atoms with van der Waals surface area (Å²) in [7, 11) is 1.71. The Morgan fingerprint density at radius 3 is 2.60 bits per heavy atom. The van der Waals surface area contributed by atoms with Crippen LogP contribution in [0.5, 0.6) is 0 Å². The number of carboxylic acids is 1.